The SMILES string of the molecule is Cc1cc(C)c(NC(=O)C(CN)C(C)C)c(C)c1. The Morgan fingerprint density at radius 1 is 1.22 bits per heavy atom. The van der Waals surface area contributed by atoms with Crippen molar-refractivity contribution < 1.29 is 4.79 Å². The maximum atomic E-state index is 12.2. The van der Waals surface area contributed by atoms with Crippen LogP contribution in [0.25, 0.3) is 0 Å². The molecule has 1 unspecified atom stereocenters. The first kappa shape index (κ1) is 14.7. The van der Waals surface area contributed by atoms with Crippen LogP contribution in [0.1, 0.15) is 30.5 Å². The minimum atomic E-state index is -0.134. The summed E-state index contributed by atoms with van der Waals surface area (Å²) >= 11 is 0. The summed E-state index contributed by atoms with van der Waals surface area (Å²) in [6.45, 7) is 10.5. The zero-order valence-corrected chi connectivity index (χ0v) is 12.0. The van der Waals surface area contributed by atoms with Gasteiger partial charge >= 0.3 is 0 Å². The Bertz CT molecular complexity index is 415. The van der Waals surface area contributed by atoms with E-state index in [0.29, 0.717) is 6.54 Å². The Labute approximate surface area is 110 Å². The van der Waals surface area contributed by atoms with Crippen LogP contribution in [0.2, 0.25) is 0 Å². The van der Waals surface area contributed by atoms with Crippen LogP contribution in [-0.4, -0.2) is 12.5 Å². The van der Waals surface area contributed by atoms with Crippen LogP contribution >= 0.6 is 0 Å². The van der Waals surface area contributed by atoms with Gasteiger partial charge in [0.25, 0.3) is 0 Å². The van der Waals surface area contributed by atoms with Crippen molar-refractivity contribution in [3.63, 3.8) is 0 Å². The van der Waals surface area contributed by atoms with Crippen LogP contribution in [0.15, 0.2) is 12.1 Å². The molecule has 0 aliphatic rings. The van der Waals surface area contributed by atoms with Crippen LogP contribution in [0.5, 0.6) is 0 Å². The lowest BCUT2D eigenvalue weighted by Gasteiger charge is -2.20. The van der Waals surface area contributed by atoms with Gasteiger partial charge in [0.2, 0.25) is 5.91 Å². The summed E-state index contributed by atoms with van der Waals surface area (Å²) in [6, 6.07) is 4.16. The largest absolute Gasteiger partial charge is 0.330 e. The highest BCUT2D eigenvalue weighted by atomic mass is 16.1. The first-order valence-corrected chi connectivity index (χ1v) is 6.45. The molecule has 3 nitrogen and oxygen atoms in total. The van der Waals surface area contributed by atoms with E-state index < -0.39 is 0 Å². The molecule has 0 saturated heterocycles. The Kier molecular flexibility index (Phi) is 4.91. The number of carbonyl (C=O) groups is 1. The van der Waals surface area contributed by atoms with E-state index in [4.69, 9.17) is 5.73 Å². The molecule has 1 aromatic rings. The molecule has 100 valence electrons. The lowest BCUT2D eigenvalue weighted by Crippen LogP contribution is -2.33. The molecule has 0 aliphatic heterocycles. The van der Waals surface area contributed by atoms with Gasteiger partial charge in [-0.1, -0.05) is 31.5 Å². The van der Waals surface area contributed by atoms with E-state index in [9.17, 15) is 4.79 Å². The molecule has 0 spiro atoms. The summed E-state index contributed by atoms with van der Waals surface area (Å²) in [4.78, 5) is 12.2. The molecular formula is C15H24N2O. The van der Waals surface area contributed by atoms with Crippen LogP contribution in [-0.2, 0) is 4.79 Å². The summed E-state index contributed by atoms with van der Waals surface area (Å²) in [7, 11) is 0. The Hall–Kier alpha value is -1.35. The van der Waals surface area contributed by atoms with Crippen LogP contribution in [0.3, 0.4) is 0 Å². The monoisotopic (exact) mass is 248 g/mol. The summed E-state index contributed by atoms with van der Waals surface area (Å²) < 4.78 is 0. The second-order valence-corrected chi connectivity index (χ2v) is 5.35. The van der Waals surface area contributed by atoms with Crippen molar-refractivity contribution in [2.75, 3.05) is 11.9 Å². The molecule has 1 amide bonds. The lowest BCUT2D eigenvalue weighted by atomic mass is 9.94. The molecule has 1 aromatic carbocycles. The molecule has 0 saturated carbocycles. The van der Waals surface area contributed by atoms with Crippen molar-refractivity contribution in [1.29, 1.82) is 0 Å². The molecule has 1 rings (SSSR count). The number of aryl methyl sites for hydroxylation is 3. The minimum Gasteiger partial charge on any atom is -0.330 e. The van der Waals surface area contributed by atoms with Crippen molar-refractivity contribution >= 4 is 11.6 Å². The standard InChI is InChI=1S/C15H24N2O/c1-9(2)13(8-16)15(18)17-14-11(4)6-10(3)7-12(14)5/h6-7,9,13H,8,16H2,1-5H3,(H,17,18). The van der Waals surface area contributed by atoms with Crippen molar-refractivity contribution in [1.82, 2.24) is 0 Å². The van der Waals surface area contributed by atoms with Gasteiger partial charge in [0.15, 0.2) is 0 Å². The number of nitrogens with two attached hydrogens (primary N) is 1. The molecular weight excluding hydrogens is 224 g/mol. The molecule has 3 heteroatoms. The second kappa shape index (κ2) is 6.01. The molecule has 1 atom stereocenters. The van der Waals surface area contributed by atoms with E-state index in [1.165, 1.54) is 5.56 Å². The number of benzene rings is 1. The van der Waals surface area contributed by atoms with Gasteiger partial charge in [-0.25, -0.2) is 0 Å². The predicted octanol–water partition coefficient (Wildman–Crippen LogP) is 2.78. The highest BCUT2D eigenvalue weighted by Gasteiger charge is 2.21. The van der Waals surface area contributed by atoms with E-state index in [0.717, 1.165) is 16.8 Å². The van der Waals surface area contributed by atoms with E-state index in [-0.39, 0.29) is 17.7 Å². The number of amides is 1. The molecule has 0 bridgehead atoms. The third-order valence-electron chi connectivity index (χ3n) is 3.32. The van der Waals surface area contributed by atoms with E-state index in [1.807, 2.05) is 27.7 Å². The first-order chi connectivity index (χ1) is 8.36. The fourth-order valence-electron chi connectivity index (χ4n) is 2.28. The maximum Gasteiger partial charge on any atom is 0.229 e. The molecule has 0 heterocycles. The zero-order valence-electron chi connectivity index (χ0n) is 12.0. The van der Waals surface area contributed by atoms with Gasteiger partial charge in [-0.15, -0.1) is 0 Å². The van der Waals surface area contributed by atoms with E-state index in [1.54, 1.807) is 0 Å². The van der Waals surface area contributed by atoms with Crippen molar-refractivity contribution in [3.8, 4) is 0 Å². The first-order valence-electron chi connectivity index (χ1n) is 6.45. The topological polar surface area (TPSA) is 55.1 Å². The Morgan fingerprint density at radius 2 is 1.72 bits per heavy atom. The normalized spacial score (nSPS) is 12.6. The van der Waals surface area contributed by atoms with Gasteiger partial charge in [-0.3, -0.25) is 4.79 Å². The molecule has 0 radical (unpaired) electrons. The van der Waals surface area contributed by atoms with Crippen molar-refractivity contribution in [3.05, 3.63) is 28.8 Å². The summed E-state index contributed by atoms with van der Waals surface area (Å²) in [5.74, 6) is 0.133. The van der Waals surface area contributed by atoms with Gasteiger partial charge in [-0.05, 0) is 37.8 Å². The van der Waals surface area contributed by atoms with Gasteiger partial charge in [0, 0.05) is 12.2 Å². The van der Waals surface area contributed by atoms with Crippen LogP contribution < -0.4 is 11.1 Å². The number of nitrogens with one attached hydrogen (secondary N) is 1. The van der Waals surface area contributed by atoms with E-state index >= 15 is 0 Å². The third kappa shape index (κ3) is 3.33. The second-order valence-electron chi connectivity index (χ2n) is 5.35. The van der Waals surface area contributed by atoms with Crippen LogP contribution in [0.4, 0.5) is 5.69 Å². The number of rotatable bonds is 4. The number of carbonyl (C=O) groups excluding carboxylic acids is 1. The molecule has 3 N–H and O–H groups in total. The van der Waals surface area contributed by atoms with Gasteiger partial charge in [0.1, 0.15) is 0 Å². The van der Waals surface area contributed by atoms with Gasteiger partial charge in [-0.2, -0.15) is 0 Å². The summed E-state index contributed by atoms with van der Waals surface area (Å²) in [6.07, 6.45) is 0. The fourth-order valence-corrected chi connectivity index (χ4v) is 2.28. The van der Waals surface area contributed by atoms with Gasteiger partial charge in [0.05, 0.1) is 5.92 Å². The quantitative estimate of drug-likeness (QED) is 0.861. The Morgan fingerprint density at radius 3 is 2.11 bits per heavy atom. The maximum absolute atomic E-state index is 12.2. The molecule has 18 heavy (non-hydrogen) atoms. The van der Waals surface area contributed by atoms with E-state index in [2.05, 4.69) is 24.4 Å². The van der Waals surface area contributed by atoms with Crippen molar-refractivity contribution in [2.45, 2.75) is 34.6 Å². The third-order valence-corrected chi connectivity index (χ3v) is 3.32. The van der Waals surface area contributed by atoms with Crippen LogP contribution in [0, 0.1) is 32.6 Å². The highest BCUT2D eigenvalue weighted by molar-refractivity contribution is 5.94. The average molecular weight is 248 g/mol. The summed E-state index contributed by atoms with van der Waals surface area (Å²) in [5, 5.41) is 3.02. The fraction of sp³-hybridized carbons (Fsp3) is 0.533. The number of hydrogen-bond donors (Lipinski definition) is 2. The molecule has 0 aromatic heterocycles. The predicted molar refractivity (Wildman–Crippen MR) is 76.7 cm³/mol. The summed E-state index contributed by atoms with van der Waals surface area (Å²) in [5.41, 5.74) is 9.99. The number of anilines is 1. The van der Waals surface area contributed by atoms with Gasteiger partial charge < -0.3 is 11.1 Å². The zero-order chi connectivity index (χ0) is 13.9. The smallest absolute Gasteiger partial charge is 0.229 e. The molecule has 0 aliphatic carbocycles. The average Bonchev–Trinajstić information content (AvgIpc) is 2.23. The van der Waals surface area contributed by atoms with Crippen molar-refractivity contribution in [2.24, 2.45) is 17.6 Å². The Balaban J connectivity index is 2.95. The molecule has 0 fully saturated rings. The lowest BCUT2D eigenvalue weighted by molar-refractivity contribution is -0.120. The highest BCUT2D eigenvalue weighted by Crippen LogP contribution is 2.23. The number of hydrogen-bond acceptors (Lipinski definition) is 2. The minimum absolute atomic E-state index is 0.0163.